The molecule has 0 radical (unpaired) electrons. The van der Waals surface area contributed by atoms with Gasteiger partial charge in [0, 0.05) is 24.0 Å². The van der Waals surface area contributed by atoms with Crippen molar-refractivity contribution in [2.75, 3.05) is 5.32 Å². The number of aryl methyl sites for hydroxylation is 3. The third-order valence-electron chi connectivity index (χ3n) is 2.51. The van der Waals surface area contributed by atoms with Crippen molar-refractivity contribution in [1.82, 2.24) is 14.8 Å². The number of hydrogen-bond donors (Lipinski definition) is 1. The standard InChI is InChI=1S/C11H12F2N4OS/c1-7-9(19-6-14-7)2-3-17-5-8(4-15-17)16-11(18)10(12)13/h4-6,10H,2-3H2,1H3,(H,16,18). The highest BCUT2D eigenvalue weighted by molar-refractivity contribution is 7.09. The number of thiazole rings is 1. The average Bonchev–Trinajstić information content (AvgIpc) is 2.96. The van der Waals surface area contributed by atoms with E-state index in [-0.39, 0.29) is 5.69 Å². The lowest BCUT2D eigenvalue weighted by Gasteiger charge is -2.01. The lowest BCUT2D eigenvalue weighted by atomic mass is 10.3. The largest absolute Gasteiger partial charge is 0.318 e. The zero-order chi connectivity index (χ0) is 13.8. The monoisotopic (exact) mass is 286 g/mol. The number of amides is 1. The van der Waals surface area contributed by atoms with Gasteiger partial charge in [-0.1, -0.05) is 0 Å². The predicted octanol–water partition coefficient (Wildman–Crippen LogP) is 2.09. The Hall–Kier alpha value is -1.83. The van der Waals surface area contributed by atoms with Crippen molar-refractivity contribution in [2.24, 2.45) is 0 Å². The molecule has 0 aliphatic heterocycles. The van der Waals surface area contributed by atoms with Gasteiger partial charge in [-0.2, -0.15) is 13.9 Å². The number of rotatable bonds is 5. The Balaban J connectivity index is 1.91. The van der Waals surface area contributed by atoms with Gasteiger partial charge in [0.25, 0.3) is 5.91 Å². The number of hydrogen-bond acceptors (Lipinski definition) is 4. The molecule has 102 valence electrons. The third kappa shape index (κ3) is 3.57. The molecule has 0 atom stereocenters. The summed E-state index contributed by atoms with van der Waals surface area (Å²) in [5.41, 5.74) is 3.04. The molecule has 0 aliphatic carbocycles. The summed E-state index contributed by atoms with van der Waals surface area (Å²) in [5.74, 6) is -1.32. The molecule has 2 aromatic heterocycles. The Morgan fingerprint density at radius 3 is 3.00 bits per heavy atom. The van der Waals surface area contributed by atoms with Crippen LogP contribution in [0.1, 0.15) is 10.6 Å². The van der Waals surface area contributed by atoms with E-state index >= 15 is 0 Å². The van der Waals surface area contributed by atoms with Gasteiger partial charge in [-0.3, -0.25) is 9.48 Å². The number of anilines is 1. The maximum absolute atomic E-state index is 12.1. The summed E-state index contributed by atoms with van der Waals surface area (Å²) in [6.45, 7) is 2.54. The smallest absolute Gasteiger partial charge is 0.315 e. The number of nitrogens with one attached hydrogen (secondary N) is 1. The molecule has 1 amide bonds. The Bertz CT molecular complexity index is 567. The molecule has 19 heavy (non-hydrogen) atoms. The fourth-order valence-corrected chi connectivity index (χ4v) is 2.30. The van der Waals surface area contributed by atoms with Crippen molar-refractivity contribution >= 4 is 22.9 Å². The number of aromatic nitrogens is 3. The second kappa shape index (κ2) is 5.87. The highest BCUT2D eigenvalue weighted by Gasteiger charge is 2.15. The minimum atomic E-state index is -3.02. The topological polar surface area (TPSA) is 59.8 Å². The molecule has 0 spiro atoms. The van der Waals surface area contributed by atoms with Gasteiger partial charge < -0.3 is 5.32 Å². The van der Waals surface area contributed by atoms with Gasteiger partial charge >= 0.3 is 6.43 Å². The minimum Gasteiger partial charge on any atom is -0.318 e. The summed E-state index contributed by atoms with van der Waals surface area (Å²) in [6.07, 6.45) is 0.611. The van der Waals surface area contributed by atoms with Crippen LogP contribution in [0, 0.1) is 6.92 Å². The maximum atomic E-state index is 12.1. The van der Waals surface area contributed by atoms with E-state index in [0.717, 1.165) is 17.0 Å². The molecule has 0 aromatic carbocycles. The van der Waals surface area contributed by atoms with Gasteiger partial charge in [0.05, 0.1) is 23.1 Å². The van der Waals surface area contributed by atoms with Crippen LogP contribution in [0.4, 0.5) is 14.5 Å². The van der Waals surface area contributed by atoms with Crippen LogP contribution < -0.4 is 5.32 Å². The number of carbonyl (C=O) groups is 1. The second-order valence-corrected chi connectivity index (χ2v) is 4.83. The van der Waals surface area contributed by atoms with E-state index in [1.807, 2.05) is 6.92 Å². The molecule has 0 saturated heterocycles. The molecule has 0 aliphatic rings. The first-order valence-electron chi connectivity index (χ1n) is 5.56. The van der Waals surface area contributed by atoms with Crippen LogP contribution in [-0.2, 0) is 17.8 Å². The van der Waals surface area contributed by atoms with E-state index in [4.69, 9.17) is 0 Å². The molecule has 8 heteroatoms. The fourth-order valence-electron chi connectivity index (χ4n) is 1.53. The minimum absolute atomic E-state index is 0.270. The van der Waals surface area contributed by atoms with E-state index in [9.17, 15) is 13.6 Å². The van der Waals surface area contributed by atoms with Crippen LogP contribution in [-0.4, -0.2) is 27.1 Å². The average molecular weight is 286 g/mol. The lowest BCUT2D eigenvalue weighted by Crippen LogP contribution is -2.19. The molecule has 5 nitrogen and oxygen atoms in total. The van der Waals surface area contributed by atoms with Crippen molar-refractivity contribution in [2.45, 2.75) is 26.3 Å². The summed E-state index contributed by atoms with van der Waals surface area (Å²) >= 11 is 1.57. The van der Waals surface area contributed by atoms with Gasteiger partial charge in [0.15, 0.2) is 0 Å². The van der Waals surface area contributed by atoms with Crippen LogP contribution >= 0.6 is 11.3 Å². The first kappa shape index (κ1) is 13.6. The molecular formula is C11H12F2N4OS. The predicted molar refractivity (Wildman–Crippen MR) is 67.4 cm³/mol. The van der Waals surface area contributed by atoms with Crippen molar-refractivity contribution in [3.8, 4) is 0 Å². The third-order valence-corrected chi connectivity index (χ3v) is 3.51. The van der Waals surface area contributed by atoms with Crippen LogP contribution in [0.3, 0.4) is 0 Å². The number of carbonyl (C=O) groups excluding carboxylic acids is 1. The van der Waals surface area contributed by atoms with Crippen LogP contribution in [0.2, 0.25) is 0 Å². The maximum Gasteiger partial charge on any atom is 0.315 e. The van der Waals surface area contributed by atoms with E-state index < -0.39 is 12.3 Å². The van der Waals surface area contributed by atoms with E-state index in [2.05, 4.69) is 15.4 Å². The second-order valence-electron chi connectivity index (χ2n) is 3.89. The molecule has 0 fully saturated rings. The zero-order valence-corrected chi connectivity index (χ0v) is 11.0. The van der Waals surface area contributed by atoms with E-state index in [0.29, 0.717) is 6.54 Å². The first-order chi connectivity index (χ1) is 9.06. The van der Waals surface area contributed by atoms with Gasteiger partial charge in [-0.25, -0.2) is 4.98 Å². The SMILES string of the molecule is Cc1ncsc1CCn1cc(NC(=O)C(F)F)cn1. The first-order valence-corrected chi connectivity index (χ1v) is 6.44. The van der Waals surface area contributed by atoms with Crippen molar-refractivity contribution in [3.05, 3.63) is 28.5 Å². The van der Waals surface area contributed by atoms with Crippen molar-refractivity contribution < 1.29 is 13.6 Å². The van der Waals surface area contributed by atoms with Gasteiger partial charge in [-0.05, 0) is 6.92 Å². The fraction of sp³-hybridized carbons (Fsp3) is 0.364. The summed E-state index contributed by atoms with van der Waals surface area (Å²) in [4.78, 5) is 16.1. The molecule has 0 saturated carbocycles. The Labute approximate surface area is 112 Å². The highest BCUT2D eigenvalue weighted by atomic mass is 32.1. The summed E-state index contributed by atoms with van der Waals surface area (Å²) in [7, 11) is 0. The lowest BCUT2D eigenvalue weighted by molar-refractivity contribution is -0.126. The van der Waals surface area contributed by atoms with Crippen LogP contribution in [0.5, 0.6) is 0 Å². The molecule has 2 rings (SSSR count). The molecular weight excluding hydrogens is 274 g/mol. The Kier molecular flexibility index (Phi) is 4.20. The summed E-state index contributed by atoms with van der Waals surface area (Å²) in [5, 5.41) is 6.08. The molecule has 2 aromatic rings. The van der Waals surface area contributed by atoms with Gasteiger partial charge in [0.1, 0.15) is 0 Å². The molecule has 0 bridgehead atoms. The van der Waals surface area contributed by atoms with Crippen LogP contribution in [0.15, 0.2) is 17.9 Å². The highest BCUT2D eigenvalue weighted by Crippen LogP contribution is 2.14. The normalized spacial score (nSPS) is 10.9. The summed E-state index contributed by atoms with van der Waals surface area (Å²) < 4.78 is 25.7. The quantitative estimate of drug-likeness (QED) is 0.915. The Morgan fingerprint density at radius 2 is 2.37 bits per heavy atom. The van der Waals surface area contributed by atoms with Gasteiger partial charge in [-0.15, -0.1) is 11.3 Å². The van der Waals surface area contributed by atoms with E-state index in [1.165, 1.54) is 12.4 Å². The number of nitrogens with zero attached hydrogens (tertiary/aromatic N) is 3. The summed E-state index contributed by atoms with van der Waals surface area (Å²) in [6, 6.07) is 0. The zero-order valence-electron chi connectivity index (χ0n) is 10.1. The molecule has 2 heterocycles. The number of halogens is 2. The number of alkyl halides is 2. The molecule has 1 N–H and O–H groups in total. The Morgan fingerprint density at radius 1 is 1.58 bits per heavy atom. The van der Waals surface area contributed by atoms with Crippen molar-refractivity contribution in [3.63, 3.8) is 0 Å². The van der Waals surface area contributed by atoms with Crippen molar-refractivity contribution in [1.29, 1.82) is 0 Å². The molecule has 0 unspecified atom stereocenters. The van der Waals surface area contributed by atoms with E-state index in [1.54, 1.807) is 21.5 Å². The van der Waals surface area contributed by atoms with Crippen LogP contribution in [0.25, 0.3) is 0 Å². The van der Waals surface area contributed by atoms with Gasteiger partial charge in [0.2, 0.25) is 0 Å².